The van der Waals surface area contributed by atoms with Crippen molar-refractivity contribution in [1.82, 2.24) is 0 Å². The Morgan fingerprint density at radius 3 is 2.17 bits per heavy atom. The average molecular weight is 162 g/mol. The first-order valence-electron chi connectivity index (χ1n) is 4.48. The molecule has 1 saturated carbocycles. The molecular weight excluding hydrogens is 148 g/mol. The number of fused-ring (bicyclic) bond motifs is 2. The van der Waals surface area contributed by atoms with Crippen LogP contribution in [0.5, 0.6) is 0 Å². The highest BCUT2D eigenvalue weighted by Crippen LogP contribution is 2.44. The van der Waals surface area contributed by atoms with E-state index in [0.717, 1.165) is 12.8 Å². The van der Waals surface area contributed by atoms with Crippen LogP contribution >= 0.6 is 0 Å². The van der Waals surface area contributed by atoms with E-state index >= 15 is 0 Å². The van der Waals surface area contributed by atoms with Crippen molar-refractivity contribution in [1.29, 1.82) is 0 Å². The van der Waals surface area contributed by atoms with E-state index in [1.165, 1.54) is 0 Å². The van der Waals surface area contributed by atoms with Crippen molar-refractivity contribution in [2.45, 2.75) is 18.4 Å². The molecule has 0 saturated heterocycles. The maximum Gasteiger partial charge on any atom is 0.0949 e. The van der Waals surface area contributed by atoms with Gasteiger partial charge < -0.3 is 5.11 Å². The molecule has 0 amide bonds. The molecule has 0 aromatic rings. The molecule has 1 fully saturated rings. The zero-order valence-electron chi connectivity index (χ0n) is 7.11. The Morgan fingerprint density at radius 1 is 1.25 bits per heavy atom. The van der Waals surface area contributed by atoms with Gasteiger partial charge in [-0.1, -0.05) is 30.4 Å². The van der Waals surface area contributed by atoms with E-state index < -0.39 is 5.60 Å². The molecule has 2 rings (SSSR count). The maximum atomic E-state index is 10.2. The van der Waals surface area contributed by atoms with Crippen LogP contribution in [0.15, 0.2) is 37.0 Å². The van der Waals surface area contributed by atoms with Gasteiger partial charge in [0.25, 0.3) is 0 Å². The zero-order valence-corrected chi connectivity index (χ0v) is 7.11. The Balaban J connectivity index is 2.41. The van der Waals surface area contributed by atoms with E-state index in [1.54, 1.807) is 6.08 Å². The molecule has 1 heteroatoms. The van der Waals surface area contributed by atoms with Gasteiger partial charge in [0.2, 0.25) is 0 Å². The molecule has 2 atom stereocenters. The second-order valence-corrected chi connectivity index (χ2v) is 3.65. The predicted molar refractivity (Wildman–Crippen MR) is 49.6 cm³/mol. The summed E-state index contributed by atoms with van der Waals surface area (Å²) < 4.78 is 0. The number of aliphatic hydroxyl groups is 1. The Hall–Kier alpha value is -0.820. The first-order valence-corrected chi connectivity index (χ1v) is 4.48. The van der Waals surface area contributed by atoms with Crippen LogP contribution in [0.2, 0.25) is 0 Å². The molecule has 2 aliphatic rings. The van der Waals surface area contributed by atoms with Crippen LogP contribution < -0.4 is 0 Å². The molecule has 1 N–H and O–H groups in total. The lowest BCUT2D eigenvalue weighted by Gasteiger charge is -2.28. The maximum absolute atomic E-state index is 10.2. The SMILES string of the molecule is C=CC1(O)C2C=CC=CC1CC2. The van der Waals surface area contributed by atoms with Gasteiger partial charge in [-0.15, -0.1) is 6.58 Å². The third-order valence-electron chi connectivity index (χ3n) is 3.10. The van der Waals surface area contributed by atoms with Crippen molar-refractivity contribution < 1.29 is 5.11 Å². The van der Waals surface area contributed by atoms with Crippen molar-refractivity contribution in [3.8, 4) is 0 Å². The van der Waals surface area contributed by atoms with Crippen LogP contribution in [0.3, 0.4) is 0 Å². The highest BCUT2D eigenvalue weighted by molar-refractivity contribution is 5.25. The smallest absolute Gasteiger partial charge is 0.0949 e. The molecule has 0 aliphatic heterocycles. The minimum Gasteiger partial charge on any atom is -0.385 e. The predicted octanol–water partition coefficient (Wildman–Crippen LogP) is 2.06. The van der Waals surface area contributed by atoms with Crippen LogP contribution in [0.1, 0.15) is 12.8 Å². The lowest BCUT2D eigenvalue weighted by molar-refractivity contribution is 0.0433. The fraction of sp³-hybridized carbons (Fsp3) is 0.455. The molecule has 0 aromatic carbocycles. The van der Waals surface area contributed by atoms with Crippen molar-refractivity contribution in [2.24, 2.45) is 11.8 Å². The normalized spacial score (nSPS) is 44.4. The van der Waals surface area contributed by atoms with E-state index in [0.29, 0.717) is 0 Å². The molecule has 12 heavy (non-hydrogen) atoms. The zero-order chi connectivity index (χ0) is 8.60. The number of rotatable bonds is 1. The van der Waals surface area contributed by atoms with Crippen LogP contribution in [-0.2, 0) is 0 Å². The van der Waals surface area contributed by atoms with E-state index in [1.807, 2.05) is 12.2 Å². The van der Waals surface area contributed by atoms with Gasteiger partial charge in [-0.05, 0) is 12.8 Å². The summed E-state index contributed by atoms with van der Waals surface area (Å²) >= 11 is 0. The molecule has 2 unspecified atom stereocenters. The van der Waals surface area contributed by atoms with Crippen molar-refractivity contribution in [2.75, 3.05) is 0 Å². The molecule has 2 bridgehead atoms. The van der Waals surface area contributed by atoms with Gasteiger partial charge in [0.05, 0.1) is 5.60 Å². The van der Waals surface area contributed by atoms with Crippen molar-refractivity contribution >= 4 is 0 Å². The van der Waals surface area contributed by atoms with Crippen LogP contribution in [-0.4, -0.2) is 10.7 Å². The Labute approximate surface area is 73.1 Å². The quantitative estimate of drug-likeness (QED) is 0.585. The summed E-state index contributed by atoms with van der Waals surface area (Å²) in [6.07, 6.45) is 12.1. The second kappa shape index (κ2) is 2.60. The van der Waals surface area contributed by atoms with Gasteiger partial charge in [0.15, 0.2) is 0 Å². The first kappa shape index (κ1) is 7.81. The van der Waals surface area contributed by atoms with E-state index in [-0.39, 0.29) is 11.8 Å². The summed E-state index contributed by atoms with van der Waals surface area (Å²) in [6.45, 7) is 3.72. The van der Waals surface area contributed by atoms with Gasteiger partial charge in [-0.25, -0.2) is 0 Å². The van der Waals surface area contributed by atoms with E-state index in [2.05, 4.69) is 18.7 Å². The average Bonchev–Trinajstić information content (AvgIpc) is 2.23. The minimum atomic E-state index is -0.677. The molecular formula is C11H14O. The summed E-state index contributed by atoms with van der Waals surface area (Å²) in [5.41, 5.74) is -0.677. The lowest BCUT2D eigenvalue weighted by atomic mass is 9.85. The van der Waals surface area contributed by atoms with Gasteiger partial charge in [0.1, 0.15) is 0 Å². The molecule has 1 nitrogen and oxygen atoms in total. The minimum absolute atomic E-state index is 0.273. The van der Waals surface area contributed by atoms with Crippen molar-refractivity contribution in [3.05, 3.63) is 37.0 Å². The second-order valence-electron chi connectivity index (χ2n) is 3.65. The first-order chi connectivity index (χ1) is 5.77. The molecule has 0 heterocycles. The van der Waals surface area contributed by atoms with Gasteiger partial charge >= 0.3 is 0 Å². The Bertz CT molecular complexity index is 230. The van der Waals surface area contributed by atoms with Crippen LogP contribution in [0.25, 0.3) is 0 Å². The standard InChI is InChI=1S/C11H14O/c1-2-11(12)9-5-3-4-6-10(11)8-7-9/h2-6,9-10,12H,1,7-8H2. The third kappa shape index (κ3) is 0.896. The largest absolute Gasteiger partial charge is 0.385 e. The van der Waals surface area contributed by atoms with Gasteiger partial charge in [0, 0.05) is 11.8 Å². The molecule has 0 spiro atoms. The van der Waals surface area contributed by atoms with Crippen LogP contribution in [0, 0.1) is 11.8 Å². The number of hydrogen-bond acceptors (Lipinski definition) is 1. The molecule has 2 aliphatic carbocycles. The molecule has 64 valence electrons. The highest BCUT2D eigenvalue weighted by atomic mass is 16.3. The Morgan fingerprint density at radius 2 is 1.75 bits per heavy atom. The van der Waals surface area contributed by atoms with E-state index in [9.17, 15) is 5.11 Å². The van der Waals surface area contributed by atoms with Gasteiger partial charge in [-0.3, -0.25) is 0 Å². The monoisotopic (exact) mass is 162 g/mol. The number of allylic oxidation sites excluding steroid dienone is 2. The summed E-state index contributed by atoms with van der Waals surface area (Å²) in [4.78, 5) is 0. The van der Waals surface area contributed by atoms with Crippen LogP contribution in [0.4, 0.5) is 0 Å². The molecule has 0 radical (unpaired) electrons. The fourth-order valence-corrected chi connectivity index (χ4v) is 2.30. The fourth-order valence-electron chi connectivity index (χ4n) is 2.30. The summed E-state index contributed by atoms with van der Waals surface area (Å²) in [5, 5.41) is 10.2. The summed E-state index contributed by atoms with van der Waals surface area (Å²) in [6, 6.07) is 0. The lowest BCUT2D eigenvalue weighted by Crippen LogP contribution is -2.35. The summed E-state index contributed by atoms with van der Waals surface area (Å²) in [5.74, 6) is 0.546. The molecule has 0 aromatic heterocycles. The third-order valence-corrected chi connectivity index (χ3v) is 3.10. The summed E-state index contributed by atoms with van der Waals surface area (Å²) in [7, 11) is 0. The highest BCUT2D eigenvalue weighted by Gasteiger charge is 2.44. The van der Waals surface area contributed by atoms with Gasteiger partial charge in [-0.2, -0.15) is 0 Å². The Kier molecular flexibility index (Phi) is 1.69. The topological polar surface area (TPSA) is 20.2 Å². The number of hydrogen-bond donors (Lipinski definition) is 1. The van der Waals surface area contributed by atoms with E-state index in [4.69, 9.17) is 0 Å². The van der Waals surface area contributed by atoms with Crippen molar-refractivity contribution in [3.63, 3.8) is 0 Å².